The first-order chi connectivity index (χ1) is 4.83. The third kappa shape index (κ3) is 2.53. The summed E-state index contributed by atoms with van der Waals surface area (Å²) >= 11 is 0. The van der Waals surface area contributed by atoms with Crippen molar-refractivity contribution in [2.75, 3.05) is 19.8 Å². The lowest BCUT2D eigenvalue weighted by Crippen LogP contribution is -2.08. The molecule has 0 bridgehead atoms. The topological polar surface area (TPSA) is 21.3 Å². The van der Waals surface area contributed by atoms with Crippen molar-refractivity contribution in [2.24, 2.45) is 5.92 Å². The highest BCUT2D eigenvalue weighted by molar-refractivity contribution is 7.49. The highest BCUT2D eigenvalue weighted by atomic mass is 31.2. The van der Waals surface area contributed by atoms with Gasteiger partial charge in [0.1, 0.15) is 0 Å². The van der Waals surface area contributed by atoms with Gasteiger partial charge in [-0.25, -0.2) is 0 Å². The Bertz CT molecular complexity index is 99.6. The van der Waals surface area contributed by atoms with Crippen molar-refractivity contribution < 1.29 is 4.52 Å². The summed E-state index contributed by atoms with van der Waals surface area (Å²) in [6.45, 7) is 6.47. The zero-order valence-corrected chi connectivity index (χ0v) is 7.66. The van der Waals surface area contributed by atoms with E-state index in [9.17, 15) is 0 Å². The van der Waals surface area contributed by atoms with E-state index >= 15 is 0 Å². The van der Waals surface area contributed by atoms with E-state index in [1.165, 1.54) is 12.8 Å². The summed E-state index contributed by atoms with van der Waals surface area (Å²) in [4.78, 5) is 0. The Kier molecular flexibility index (Phi) is 3.61. The molecule has 0 amide bonds. The lowest BCUT2D eigenvalue weighted by Gasteiger charge is -2.10. The van der Waals surface area contributed by atoms with Gasteiger partial charge in [0.25, 0.3) is 0 Å². The van der Waals surface area contributed by atoms with E-state index in [1.807, 2.05) is 0 Å². The second kappa shape index (κ2) is 4.27. The summed E-state index contributed by atoms with van der Waals surface area (Å²) in [6, 6.07) is 0. The van der Waals surface area contributed by atoms with Crippen LogP contribution in [0.15, 0.2) is 0 Å². The van der Waals surface area contributed by atoms with Gasteiger partial charge in [-0.15, -0.1) is 0 Å². The van der Waals surface area contributed by atoms with E-state index in [0.717, 1.165) is 19.1 Å². The van der Waals surface area contributed by atoms with Crippen LogP contribution in [0.3, 0.4) is 0 Å². The predicted molar refractivity (Wildman–Crippen MR) is 45.2 cm³/mol. The molecule has 10 heavy (non-hydrogen) atoms. The highest BCUT2D eigenvalue weighted by Gasteiger charge is 2.13. The van der Waals surface area contributed by atoms with Crippen LogP contribution in [0.2, 0.25) is 0 Å². The van der Waals surface area contributed by atoms with Gasteiger partial charge < -0.3 is 4.52 Å². The van der Waals surface area contributed by atoms with Crippen LogP contribution in [0.25, 0.3) is 0 Å². The van der Waals surface area contributed by atoms with Gasteiger partial charge in [0.2, 0.25) is 0 Å². The Morgan fingerprint density at radius 1 is 1.70 bits per heavy atom. The zero-order valence-electron chi connectivity index (χ0n) is 6.76. The predicted octanol–water partition coefficient (Wildman–Crippen LogP) is 1.96. The van der Waals surface area contributed by atoms with Gasteiger partial charge >= 0.3 is 0 Å². The smallest absolute Gasteiger partial charge is 0.0978 e. The Labute approximate surface area is 64.2 Å². The number of nitrogens with one attached hydrogen (secondary N) is 1. The SMILES string of the molecule is CC[C@H]1CCNP(C)OC1. The molecule has 1 fully saturated rings. The van der Waals surface area contributed by atoms with Crippen LogP contribution >= 0.6 is 8.30 Å². The van der Waals surface area contributed by atoms with Crippen molar-refractivity contribution >= 4 is 8.30 Å². The lowest BCUT2D eigenvalue weighted by molar-refractivity contribution is 0.272. The number of hydrogen-bond donors (Lipinski definition) is 1. The molecule has 2 atom stereocenters. The molecule has 60 valence electrons. The first-order valence-electron chi connectivity index (χ1n) is 3.93. The summed E-state index contributed by atoms with van der Waals surface area (Å²) in [6.07, 6.45) is 2.54. The molecule has 1 heterocycles. The minimum Gasteiger partial charge on any atom is -0.344 e. The highest BCUT2D eigenvalue weighted by Crippen LogP contribution is 2.30. The van der Waals surface area contributed by atoms with Gasteiger partial charge in [0.15, 0.2) is 0 Å². The minimum atomic E-state index is -0.301. The second-order valence-corrected chi connectivity index (χ2v) is 4.33. The Balaban J connectivity index is 2.26. The van der Waals surface area contributed by atoms with Crippen LogP contribution in [-0.2, 0) is 4.52 Å². The summed E-state index contributed by atoms with van der Waals surface area (Å²) < 4.78 is 5.56. The molecule has 1 aliphatic heterocycles. The number of hydrogen-bond acceptors (Lipinski definition) is 2. The van der Waals surface area contributed by atoms with E-state index < -0.39 is 0 Å². The first-order valence-corrected chi connectivity index (χ1v) is 5.63. The molecule has 0 radical (unpaired) electrons. The van der Waals surface area contributed by atoms with E-state index in [4.69, 9.17) is 4.52 Å². The molecule has 2 nitrogen and oxygen atoms in total. The first kappa shape index (κ1) is 8.45. The summed E-state index contributed by atoms with van der Waals surface area (Å²) in [5, 5.41) is 3.35. The summed E-state index contributed by atoms with van der Waals surface area (Å²) in [5.41, 5.74) is 0. The molecule has 1 unspecified atom stereocenters. The lowest BCUT2D eigenvalue weighted by atomic mass is 10.0. The van der Waals surface area contributed by atoms with Crippen molar-refractivity contribution in [3.8, 4) is 0 Å². The van der Waals surface area contributed by atoms with Crippen LogP contribution in [-0.4, -0.2) is 19.8 Å². The molecule has 1 aliphatic rings. The van der Waals surface area contributed by atoms with Gasteiger partial charge in [-0.1, -0.05) is 13.3 Å². The molecular formula is C7H16NOP. The molecule has 0 aromatic carbocycles. The Morgan fingerprint density at radius 2 is 2.50 bits per heavy atom. The third-order valence-electron chi connectivity index (χ3n) is 1.97. The van der Waals surface area contributed by atoms with E-state index in [-0.39, 0.29) is 8.30 Å². The average Bonchev–Trinajstić information content (AvgIpc) is 2.14. The standard InChI is InChI=1S/C7H16NOP/c1-3-7-4-5-8-10(2)9-6-7/h7-8H,3-6H2,1-2H3/t7-,10?/m0/s1. The van der Waals surface area contributed by atoms with Gasteiger partial charge in [-0.3, -0.25) is 5.09 Å². The molecular weight excluding hydrogens is 145 g/mol. The van der Waals surface area contributed by atoms with Crippen LogP contribution < -0.4 is 5.09 Å². The second-order valence-electron chi connectivity index (χ2n) is 2.76. The minimum absolute atomic E-state index is 0.301. The molecule has 3 heteroatoms. The summed E-state index contributed by atoms with van der Waals surface area (Å²) in [5.74, 6) is 0.792. The van der Waals surface area contributed by atoms with Crippen LogP contribution in [0.1, 0.15) is 19.8 Å². The largest absolute Gasteiger partial charge is 0.344 e. The molecule has 1 rings (SSSR count). The molecule has 0 saturated carbocycles. The quantitative estimate of drug-likeness (QED) is 0.593. The molecule has 1 saturated heterocycles. The molecule has 0 aromatic heterocycles. The van der Waals surface area contributed by atoms with E-state index in [2.05, 4.69) is 18.7 Å². The van der Waals surface area contributed by atoms with Crippen LogP contribution in [0.4, 0.5) is 0 Å². The van der Waals surface area contributed by atoms with E-state index in [1.54, 1.807) is 0 Å². The normalized spacial score (nSPS) is 35.4. The van der Waals surface area contributed by atoms with E-state index in [0.29, 0.717) is 0 Å². The van der Waals surface area contributed by atoms with Crippen molar-refractivity contribution in [1.82, 2.24) is 5.09 Å². The maximum Gasteiger partial charge on any atom is 0.0978 e. The third-order valence-corrected chi connectivity index (χ3v) is 3.17. The van der Waals surface area contributed by atoms with Crippen molar-refractivity contribution in [3.05, 3.63) is 0 Å². The maximum atomic E-state index is 5.56. The summed E-state index contributed by atoms with van der Waals surface area (Å²) in [7, 11) is -0.301. The van der Waals surface area contributed by atoms with Crippen LogP contribution in [0.5, 0.6) is 0 Å². The Hall–Kier alpha value is 0.350. The van der Waals surface area contributed by atoms with Crippen LogP contribution in [0, 0.1) is 5.92 Å². The van der Waals surface area contributed by atoms with Crippen molar-refractivity contribution in [1.29, 1.82) is 0 Å². The zero-order chi connectivity index (χ0) is 7.40. The molecule has 1 N–H and O–H groups in total. The monoisotopic (exact) mass is 161 g/mol. The van der Waals surface area contributed by atoms with Crippen molar-refractivity contribution in [3.63, 3.8) is 0 Å². The van der Waals surface area contributed by atoms with Gasteiger partial charge in [-0.2, -0.15) is 0 Å². The average molecular weight is 161 g/mol. The van der Waals surface area contributed by atoms with Crippen molar-refractivity contribution in [2.45, 2.75) is 19.8 Å². The van der Waals surface area contributed by atoms with Gasteiger partial charge in [-0.05, 0) is 19.0 Å². The fraction of sp³-hybridized carbons (Fsp3) is 1.00. The number of rotatable bonds is 1. The molecule has 0 aromatic rings. The van der Waals surface area contributed by atoms with Gasteiger partial charge in [0, 0.05) is 6.54 Å². The maximum absolute atomic E-state index is 5.56. The molecule has 0 spiro atoms. The van der Waals surface area contributed by atoms with Gasteiger partial charge in [0.05, 0.1) is 14.9 Å². The fourth-order valence-corrected chi connectivity index (χ4v) is 2.06. The Morgan fingerprint density at radius 3 is 3.20 bits per heavy atom. The molecule has 0 aliphatic carbocycles. The fourth-order valence-electron chi connectivity index (χ4n) is 1.09.